The lowest BCUT2D eigenvalue weighted by Gasteiger charge is -2.52. The van der Waals surface area contributed by atoms with E-state index in [-0.39, 0.29) is 34.7 Å². The van der Waals surface area contributed by atoms with Gasteiger partial charge in [-0.15, -0.1) is 0 Å². The summed E-state index contributed by atoms with van der Waals surface area (Å²) in [5.74, 6) is 0.354. The Morgan fingerprint density at radius 1 is 1.12 bits per heavy atom. The second-order valence-corrected chi connectivity index (χ2v) is 9.36. The number of likely N-dealkylation sites (tertiary alicyclic amines) is 1. The van der Waals surface area contributed by atoms with Crippen LogP contribution in [0, 0.1) is 17.3 Å². The highest BCUT2D eigenvalue weighted by Crippen LogP contribution is 2.45. The van der Waals surface area contributed by atoms with E-state index in [0.29, 0.717) is 19.4 Å². The molecule has 138 valence electrons. The van der Waals surface area contributed by atoms with Gasteiger partial charge in [-0.25, -0.2) is 0 Å². The van der Waals surface area contributed by atoms with Crippen molar-refractivity contribution in [1.29, 1.82) is 0 Å². The van der Waals surface area contributed by atoms with E-state index in [4.69, 9.17) is 0 Å². The SMILES string of the molecule is CCC1(C(C)C)CC(=O)N(CC2CC(C)(C)N(O)C(C)(C)C2)C1=O. The molecule has 2 aliphatic heterocycles. The molecule has 2 fully saturated rings. The highest BCUT2D eigenvalue weighted by Gasteiger charge is 2.53. The van der Waals surface area contributed by atoms with Gasteiger partial charge in [0.05, 0.1) is 5.41 Å². The highest BCUT2D eigenvalue weighted by atomic mass is 16.5. The Bertz CT molecular complexity index is 509. The van der Waals surface area contributed by atoms with Gasteiger partial charge in [-0.2, -0.15) is 5.06 Å². The zero-order chi connectivity index (χ0) is 18.5. The van der Waals surface area contributed by atoms with Crippen LogP contribution in [0.2, 0.25) is 0 Å². The van der Waals surface area contributed by atoms with Crippen LogP contribution >= 0.6 is 0 Å². The lowest BCUT2D eigenvalue weighted by Crippen LogP contribution is -2.60. The predicted molar refractivity (Wildman–Crippen MR) is 93.4 cm³/mol. The minimum Gasteiger partial charge on any atom is -0.313 e. The normalized spacial score (nSPS) is 31.3. The van der Waals surface area contributed by atoms with Gasteiger partial charge in [0.25, 0.3) is 0 Å². The van der Waals surface area contributed by atoms with Gasteiger partial charge in [0.15, 0.2) is 0 Å². The average molecular weight is 338 g/mol. The first kappa shape index (κ1) is 19.4. The third-order valence-electron chi connectivity index (χ3n) is 6.34. The molecule has 0 saturated carbocycles. The third-order valence-corrected chi connectivity index (χ3v) is 6.34. The number of piperidine rings is 1. The molecule has 2 aliphatic rings. The summed E-state index contributed by atoms with van der Waals surface area (Å²) in [7, 11) is 0. The quantitative estimate of drug-likeness (QED) is 0.798. The van der Waals surface area contributed by atoms with E-state index in [1.807, 2.05) is 48.5 Å². The smallest absolute Gasteiger partial charge is 0.236 e. The standard InChI is InChI=1S/C19H34N2O3/c1-8-19(13(2)3)11-15(22)20(16(19)23)12-14-9-17(4,5)21(24)18(6,7)10-14/h13-14,24H,8-12H2,1-7H3. The second kappa shape index (κ2) is 6.10. The van der Waals surface area contributed by atoms with E-state index < -0.39 is 5.41 Å². The highest BCUT2D eigenvalue weighted by molar-refractivity contribution is 6.06. The molecule has 0 aliphatic carbocycles. The Morgan fingerprint density at radius 2 is 1.62 bits per heavy atom. The Balaban J connectivity index is 2.20. The number of rotatable bonds is 4. The summed E-state index contributed by atoms with van der Waals surface area (Å²) in [6, 6.07) is 0. The van der Waals surface area contributed by atoms with E-state index >= 15 is 0 Å². The van der Waals surface area contributed by atoms with Gasteiger partial charge >= 0.3 is 0 Å². The second-order valence-electron chi connectivity index (χ2n) is 9.36. The van der Waals surface area contributed by atoms with Crippen molar-refractivity contribution in [3.8, 4) is 0 Å². The molecule has 5 nitrogen and oxygen atoms in total. The van der Waals surface area contributed by atoms with E-state index in [0.717, 1.165) is 12.8 Å². The molecule has 0 aromatic heterocycles. The molecule has 0 aromatic rings. The van der Waals surface area contributed by atoms with Crippen molar-refractivity contribution in [3.05, 3.63) is 0 Å². The van der Waals surface area contributed by atoms with Crippen molar-refractivity contribution >= 4 is 11.8 Å². The molecule has 2 heterocycles. The number of hydrogen-bond donors (Lipinski definition) is 1. The Hall–Kier alpha value is -0.940. The summed E-state index contributed by atoms with van der Waals surface area (Å²) in [5, 5.41) is 11.9. The fraction of sp³-hybridized carbons (Fsp3) is 0.895. The maximum Gasteiger partial charge on any atom is 0.236 e. The van der Waals surface area contributed by atoms with E-state index in [1.165, 1.54) is 9.96 Å². The minimum absolute atomic E-state index is 0.00652. The number of nitrogens with zero attached hydrogens (tertiary/aromatic N) is 2. The lowest BCUT2D eigenvalue weighted by atomic mass is 9.73. The van der Waals surface area contributed by atoms with Gasteiger partial charge in [-0.1, -0.05) is 20.8 Å². The molecule has 5 heteroatoms. The van der Waals surface area contributed by atoms with E-state index in [2.05, 4.69) is 0 Å². The van der Waals surface area contributed by atoms with Gasteiger partial charge < -0.3 is 5.21 Å². The van der Waals surface area contributed by atoms with Crippen molar-refractivity contribution in [3.63, 3.8) is 0 Å². The topological polar surface area (TPSA) is 60.9 Å². The number of hydroxylamine groups is 2. The molecule has 0 aromatic carbocycles. The summed E-state index contributed by atoms with van der Waals surface area (Å²) in [6.45, 7) is 14.6. The Labute approximate surface area is 146 Å². The molecule has 1 N–H and O–H groups in total. The first-order valence-corrected chi connectivity index (χ1v) is 9.21. The molecule has 1 unspecified atom stereocenters. The molecule has 1 atom stereocenters. The fourth-order valence-corrected chi connectivity index (χ4v) is 5.01. The van der Waals surface area contributed by atoms with Gasteiger partial charge in [0.2, 0.25) is 11.8 Å². The van der Waals surface area contributed by atoms with Crippen LogP contribution in [0.25, 0.3) is 0 Å². The third kappa shape index (κ3) is 3.01. The number of carbonyl (C=O) groups excluding carboxylic acids is 2. The van der Waals surface area contributed by atoms with Crippen LogP contribution in [0.4, 0.5) is 0 Å². The van der Waals surface area contributed by atoms with E-state index in [9.17, 15) is 14.8 Å². The van der Waals surface area contributed by atoms with Crippen molar-refractivity contribution in [1.82, 2.24) is 9.96 Å². The molecular formula is C19H34N2O3. The van der Waals surface area contributed by atoms with Crippen LogP contribution in [-0.4, -0.2) is 44.6 Å². The zero-order valence-electron chi connectivity index (χ0n) is 16.3. The summed E-state index contributed by atoms with van der Waals surface area (Å²) in [4.78, 5) is 27.1. The first-order valence-electron chi connectivity index (χ1n) is 9.21. The van der Waals surface area contributed by atoms with Crippen LogP contribution in [0.15, 0.2) is 0 Å². The van der Waals surface area contributed by atoms with Crippen molar-refractivity contribution in [2.45, 2.75) is 85.2 Å². The molecular weight excluding hydrogens is 304 g/mol. The first-order chi connectivity index (χ1) is 10.9. The Kier molecular flexibility index (Phi) is 4.92. The van der Waals surface area contributed by atoms with Gasteiger partial charge in [0.1, 0.15) is 0 Å². The fourth-order valence-electron chi connectivity index (χ4n) is 5.01. The molecule has 2 rings (SSSR count). The number of hydrogen-bond acceptors (Lipinski definition) is 4. The monoisotopic (exact) mass is 338 g/mol. The maximum atomic E-state index is 13.0. The average Bonchev–Trinajstić information content (AvgIpc) is 2.69. The minimum atomic E-state index is -0.528. The molecule has 2 amide bonds. The van der Waals surface area contributed by atoms with Crippen LogP contribution < -0.4 is 0 Å². The van der Waals surface area contributed by atoms with Gasteiger partial charge in [-0.05, 0) is 58.8 Å². The Morgan fingerprint density at radius 3 is 2.00 bits per heavy atom. The van der Waals surface area contributed by atoms with Gasteiger partial charge in [-0.3, -0.25) is 14.5 Å². The lowest BCUT2D eigenvalue weighted by molar-refractivity contribution is -0.251. The maximum absolute atomic E-state index is 13.0. The van der Waals surface area contributed by atoms with Crippen LogP contribution in [0.3, 0.4) is 0 Å². The van der Waals surface area contributed by atoms with Crippen molar-refractivity contribution < 1.29 is 14.8 Å². The number of amides is 2. The van der Waals surface area contributed by atoms with Crippen LogP contribution in [0.5, 0.6) is 0 Å². The van der Waals surface area contributed by atoms with Crippen LogP contribution in [0.1, 0.15) is 74.1 Å². The van der Waals surface area contributed by atoms with Crippen molar-refractivity contribution in [2.24, 2.45) is 17.3 Å². The molecule has 24 heavy (non-hydrogen) atoms. The summed E-state index contributed by atoms with van der Waals surface area (Å²) >= 11 is 0. The van der Waals surface area contributed by atoms with E-state index in [1.54, 1.807) is 0 Å². The van der Waals surface area contributed by atoms with Gasteiger partial charge in [0, 0.05) is 24.0 Å². The molecule has 0 bridgehead atoms. The summed E-state index contributed by atoms with van der Waals surface area (Å²) in [5.41, 5.74) is -1.25. The summed E-state index contributed by atoms with van der Waals surface area (Å²) < 4.78 is 0. The molecule has 2 saturated heterocycles. The van der Waals surface area contributed by atoms with Crippen LogP contribution in [-0.2, 0) is 9.59 Å². The number of imide groups is 1. The molecule has 0 spiro atoms. The largest absolute Gasteiger partial charge is 0.313 e. The number of carbonyl (C=O) groups is 2. The molecule has 0 radical (unpaired) electrons. The summed E-state index contributed by atoms with van der Waals surface area (Å²) in [6.07, 6.45) is 2.58. The zero-order valence-corrected chi connectivity index (χ0v) is 16.3. The van der Waals surface area contributed by atoms with Crippen molar-refractivity contribution in [2.75, 3.05) is 6.54 Å². The predicted octanol–water partition coefficient (Wildman–Crippen LogP) is 3.46.